The summed E-state index contributed by atoms with van der Waals surface area (Å²) in [5.41, 5.74) is -0.365. The van der Waals surface area contributed by atoms with Gasteiger partial charge in [0.15, 0.2) is 11.5 Å². The van der Waals surface area contributed by atoms with Crippen molar-refractivity contribution < 1.29 is 18.3 Å². The number of anilines is 1. The lowest BCUT2D eigenvalue weighted by Crippen LogP contribution is -2.23. The SMILES string of the molecule is CC(C)(C)Oc1cccc(NS(C)(=O)=O)c1O. The normalized spacial score (nSPS) is 12.2. The van der Waals surface area contributed by atoms with Gasteiger partial charge >= 0.3 is 0 Å². The summed E-state index contributed by atoms with van der Waals surface area (Å²) in [5, 5.41) is 9.86. The highest BCUT2D eigenvalue weighted by Gasteiger charge is 2.17. The predicted molar refractivity (Wildman–Crippen MR) is 67.0 cm³/mol. The molecule has 0 atom stereocenters. The number of phenols is 1. The van der Waals surface area contributed by atoms with Gasteiger partial charge in [0.1, 0.15) is 5.60 Å². The molecule has 1 rings (SSSR count). The number of hydrogen-bond donors (Lipinski definition) is 2. The Labute approximate surface area is 101 Å². The number of benzene rings is 1. The second-order valence-electron chi connectivity index (χ2n) is 4.74. The highest BCUT2D eigenvalue weighted by Crippen LogP contribution is 2.36. The highest BCUT2D eigenvalue weighted by molar-refractivity contribution is 7.92. The van der Waals surface area contributed by atoms with Crippen molar-refractivity contribution in [1.82, 2.24) is 0 Å². The van der Waals surface area contributed by atoms with Gasteiger partial charge in [0.2, 0.25) is 10.0 Å². The van der Waals surface area contributed by atoms with Crippen LogP contribution in [-0.2, 0) is 10.0 Å². The maximum atomic E-state index is 11.1. The van der Waals surface area contributed by atoms with E-state index in [1.165, 1.54) is 6.07 Å². The number of hydrogen-bond acceptors (Lipinski definition) is 4. The van der Waals surface area contributed by atoms with E-state index in [1.54, 1.807) is 12.1 Å². The van der Waals surface area contributed by atoms with Gasteiger partial charge in [-0.1, -0.05) is 6.07 Å². The van der Waals surface area contributed by atoms with Crippen LogP contribution in [0.1, 0.15) is 20.8 Å². The van der Waals surface area contributed by atoms with Gasteiger partial charge in [-0.15, -0.1) is 0 Å². The number of phenolic OH excluding ortho intramolecular Hbond substituents is 1. The molecule has 96 valence electrons. The lowest BCUT2D eigenvalue weighted by Gasteiger charge is -2.22. The zero-order valence-electron chi connectivity index (χ0n) is 10.3. The molecule has 0 aliphatic carbocycles. The standard InChI is InChI=1S/C11H17NO4S/c1-11(2,3)16-9-7-5-6-8(10(9)13)12-17(4,14)15/h5-7,12-13H,1-4H3. The quantitative estimate of drug-likeness (QED) is 0.813. The molecule has 0 fully saturated rings. The molecule has 0 aliphatic heterocycles. The minimum atomic E-state index is -3.43. The maximum absolute atomic E-state index is 11.1. The van der Waals surface area contributed by atoms with E-state index in [9.17, 15) is 13.5 Å². The van der Waals surface area contributed by atoms with Crippen molar-refractivity contribution in [2.45, 2.75) is 26.4 Å². The van der Waals surface area contributed by atoms with E-state index in [1.807, 2.05) is 20.8 Å². The molecular formula is C11H17NO4S. The van der Waals surface area contributed by atoms with Gasteiger partial charge in [0.25, 0.3) is 0 Å². The Kier molecular flexibility index (Phi) is 3.56. The first-order valence-electron chi connectivity index (χ1n) is 5.07. The zero-order valence-corrected chi connectivity index (χ0v) is 11.1. The summed E-state index contributed by atoms with van der Waals surface area (Å²) in [6.07, 6.45) is 1.02. The van der Waals surface area contributed by atoms with Crippen molar-refractivity contribution in [2.24, 2.45) is 0 Å². The van der Waals surface area contributed by atoms with Gasteiger partial charge in [-0.25, -0.2) is 8.42 Å². The summed E-state index contributed by atoms with van der Waals surface area (Å²) in [4.78, 5) is 0. The fourth-order valence-corrected chi connectivity index (χ4v) is 1.78. The van der Waals surface area contributed by atoms with E-state index in [0.717, 1.165) is 6.26 Å². The minimum Gasteiger partial charge on any atom is -0.503 e. The smallest absolute Gasteiger partial charge is 0.229 e. The van der Waals surface area contributed by atoms with Crippen molar-refractivity contribution in [3.8, 4) is 11.5 Å². The Morgan fingerprint density at radius 2 is 1.88 bits per heavy atom. The van der Waals surface area contributed by atoms with Crippen LogP contribution in [0.4, 0.5) is 5.69 Å². The van der Waals surface area contributed by atoms with Gasteiger partial charge in [0, 0.05) is 0 Å². The number of rotatable bonds is 3. The fraction of sp³-hybridized carbons (Fsp3) is 0.455. The van der Waals surface area contributed by atoms with Crippen molar-refractivity contribution in [1.29, 1.82) is 0 Å². The third-order valence-corrected chi connectivity index (χ3v) is 2.30. The number of sulfonamides is 1. The zero-order chi connectivity index (χ0) is 13.3. The summed E-state index contributed by atoms with van der Waals surface area (Å²) in [7, 11) is -3.43. The van der Waals surface area contributed by atoms with Crippen LogP contribution in [0.3, 0.4) is 0 Å². The van der Waals surface area contributed by atoms with Crippen molar-refractivity contribution >= 4 is 15.7 Å². The summed E-state index contributed by atoms with van der Waals surface area (Å²) in [5.74, 6) is 0.0269. The molecule has 0 radical (unpaired) electrons. The first-order valence-corrected chi connectivity index (χ1v) is 6.96. The van der Waals surface area contributed by atoms with Crippen LogP contribution in [-0.4, -0.2) is 25.4 Å². The van der Waals surface area contributed by atoms with E-state index in [0.29, 0.717) is 0 Å². The lowest BCUT2D eigenvalue weighted by atomic mass is 10.2. The fourth-order valence-electron chi connectivity index (χ4n) is 1.22. The molecule has 5 nitrogen and oxygen atoms in total. The molecule has 1 aromatic carbocycles. The van der Waals surface area contributed by atoms with E-state index < -0.39 is 15.6 Å². The van der Waals surface area contributed by atoms with Gasteiger partial charge in [-0.3, -0.25) is 4.72 Å². The van der Waals surface area contributed by atoms with E-state index in [2.05, 4.69) is 4.72 Å². The van der Waals surface area contributed by atoms with E-state index >= 15 is 0 Å². The van der Waals surface area contributed by atoms with Crippen molar-refractivity contribution in [3.63, 3.8) is 0 Å². The molecule has 17 heavy (non-hydrogen) atoms. The van der Waals surface area contributed by atoms with Gasteiger partial charge in [0.05, 0.1) is 11.9 Å². The Morgan fingerprint density at radius 3 is 2.35 bits per heavy atom. The van der Waals surface area contributed by atoms with Crippen molar-refractivity contribution in [3.05, 3.63) is 18.2 Å². The summed E-state index contributed by atoms with van der Waals surface area (Å²) < 4.78 is 29.9. The van der Waals surface area contributed by atoms with Gasteiger partial charge in [-0.2, -0.15) is 0 Å². The molecule has 0 saturated heterocycles. The second kappa shape index (κ2) is 4.44. The Bertz CT molecular complexity index is 503. The van der Waals surface area contributed by atoms with Crippen LogP contribution in [0.15, 0.2) is 18.2 Å². The van der Waals surface area contributed by atoms with Crippen LogP contribution >= 0.6 is 0 Å². The maximum Gasteiger partial charge on any atom is 0.229 e. The molecule has 1 aromatic rings. The van der Waals surface area contributed by atoms with Crippen LogP contribution in [0.2, 0.25) is 0 Å². The molecular weight excluding hydrogens is 242 g/mol. The number of para-hydroxylation sites is 1. The van der Waals surface area contributed by atoms with Crippen LogP contribution in [0, 0.1) is 0 Å². The van der Waals surface area contributed by atoms with Crippen LogP contribution in [0.25, 0.3) is 0 Å². The molecule has 0 heterocycles. The molecule has 2 N–H and O–H groups in total. The Hall–Kier alpha value is -1.43. The Morgan fingerprint density at radius 1 is 1.29 bits per heavy atom. The second-order valence-corrected chi connectivity index (χ2v) is 6.49. The summed E-state index contributed by atoms with van der Waals surface area (Å²) >= 11 is 0. The largest absolute Gasteiger partial charge is 0.503 e. The topological polar surface area (TPSA) is 75.6 Å². The molecule has 0 amide bonds. The third kappa shape index (κ3) is 4.52. The molecule has 0 aliphatic rings. The monoisotopic (exact) mass is 259 g/mol. The van der Waals surface area contributed by atoms with Crippen LogP contribution in [0.5, 0.6) is 11.5 Å². The summed E-state index contributed by atoms with van der Waals surface area (Å²) in [6.45, 7) is 5.51. The predicted octanol–water partition coefficient (Wildman–Crippen LogP) is 1.94. The molecule has 0 aromatic heterocycles. The molecule has 6 heteroatoms. The minimum absolute atomic E-state index is 0.106. The number of aromatic hydroxyl groups is 1. The first kappa shape index (κ1) is 13.6. The van der Waals surface area contributed by atoms with Gasteiger partial charge in [-0.05, 0) is 32.9 Å². The molecule has 0 unspecified atom stereocenters. The molecule has 0 bridgehead atoms. The van der Waals surface area contributed by atoms with E-state index in [-0.39, 0.29) is 17.2 Å². The third-order valence-electron chi connectivity index (χ3n) is 1.71. The number of nitrogens with one attached hydrogen (secondary N) is 1. The average molecular weight is 259 g/mol. The first-order chi connectivity index (χ1) is 7.58. The van der Waals surface area contributed by atoms with Gasteiger partial charge < -0.3 is 9.84 Å². The number of ether oxygens (including phenoxy) is 1. The average Bonchev–Trinajstić information content (AvgIpc) is 2.07. The van der Waals surface area contributed by atoms with Crippen LogP contribution < -0.4 is 9.46 Å². The highest BCUT2D eigenvalue weighted by atomic mass is 32.2. The summed E-state index contributed by atoms with van der Waals surface area (Å²) in [6, 6.07) is 4.65. The Balaban J connectivity index is 3.08. The van der Waals surface area contributed by atoms with E-state index in [4.69, 9.17) is 4.74 Å². The molecule has 0 saturated carbocycles. The van der Waals surface area contributed by atoms with Crippen molar-refractivity contribution in [2.75, 3.05) is 11.0 Å². The lowest BCUT2D eigenvalue weighted by molar-refractivity contribution is 0.126. The molecule has 0 spiro atoms.